The molecule has 0 unspecified atom stereocenters. The van der Waals surface area contributed by atoms with Gasteiger partial charge < -0.3 is 15.7 Å². The summed E-state index contributed by atoms with van der Waals surface area (Å²) in [4.78, 5) is 22.1. The number of thiazole rings is 1. The normalized spacial score (nSPS) is 11.3. The molecule has 3 N–H and O–H groups in total. The minimum absolute atomic E-state index is 0.0986. The van der Waals surface area contributed by atoms with Crippen molar-refractivity contribution in [3.05, 3.63) is 63.2 Å². The minimum atomic E-state index is -0.341. The number of rotatable bonds is 5. The highest BCUT2D eigenvalue weighted by molar-refractivity contribution is 7.12. The van der Waals surface area contributed by atoms with Gasteiger partial charge in [-0.2, -0.15) is 0 Å². The van der Waals surface area contributed by atoms with Crippen molar-refractivity contribution in [2.24, 2.45) is 0 Å². The Labute approximate surface area is 179 Å². The molecule has 0 aliphatic rings. The molecule has 0 spiro atoms. The van der Waals surface area contributed by atoms with E-state index < -0.39 is 0 Å². The number of benzene rings is 1. The molecule has 0 saturated heterocycles. The van der Waals surface area contributed by atoms with E-state index in [-0.39, 0.29) is 18.1 Å². The number of halogens is 1. The summed E-state index contributed by atoms with van der Waals surface area (Å²) < 4.78 is 0. The number of nitrogens with one attached hydrogen (secondary N) is 2. The lowest BCUT2D eigenvalue weighted by Crippen LogP contribution is -2.28. The van der Waals surface area contributed by atoms with Crippen molar-refractivity contribution >= 4 is 34.7 Å². The van der Waals surface area contributed by atoms with Crippen LogP contribution in [0, 0.1) is 0 Å². The number of aliphatic hydroxyl groups is 1. The second kappa shape index (κ2) is 8.90. The number of hydrogen-bond acceptors (Lipinski definition) is 5. The Balaban J connectivity index is 1.76. The van der Waals surface area contributed by atoms with Crippen molar-refractivity contribution in [2.45, 2.75) is 39.3 Å². The van der Waals surface area contributed by atoms with Gasteiger partial charge in [0, 0.05) is 16.0 Å². The number of hydrogen-bond donors (Lipinski definition) is 3. The summed E-state index contributed by atoms with van der Waals surface area (Å²) >= 11 is 7.74. The van der Waals surface area contributed by atoms with E-state index in [0.717, 1.165) is 21.1 Å². The number of amides is 2. The third-order valence-corrected chi connectivity index (χ3v) is 5.81. The molecule has 0 atom stereocenters. The van der Waals surface area contributed by atoms with Crippen LogP contribution < -0.4 is 10.6 Å². The predicted octanol–water partition coefficient (Wildman–Crippen LogP) is 4.97. The molecular weight excluding hydrogens is 408 g/mol. The summed E-state index contributed by atoms with van der Waals surface area (Å²) in [6.07, 6.45) is 1.51. The molecular formula is C21H23ClN4O2S. The summed E-state index contributed by atoms with van der Waals surface area (Å²) in [5.41, 5.74) is 2.75. The van der Waals surface area contributed by atoms with E-state index in [1.807, 2.05) is 24.3 Å². The number of urea groups is 1. The summed E-state index contributed by atoms with van der Waals surface area (Å²) in [5, 5.41) is 16.3. The topological polar surface area (TPSA) is 87.1 Å². The molecule has 29 heavy (non-hydrogen) atoms. The van der Waals surface area contributed by atoms with Gasteiger partial charge in [0.15, 0.2) is 0 Å². The Hall–Kier alpha value is -2.48. The molecule has 3 rings (SSSR count). The van der Waals surface area contributed by atoms with E-state index in [2.05, 4.69) is 36.4 Å². The van der Waals surface area contributed by atoms with Crippen LogP contribution in [0.5, 0.6) is 0 Å². The maximum absolute atomic E-state index is 12.3. The quantitative estimate of drug-likeness (QED) is 0.533. The standard InChI is InChI=1S/C21H23ClN4O2S/c1-21(2,3)19-26-18(13-5-4-6-14(22)9-13)17(29-19)11-24-20(28)25-15-7-8-16(12-27)23-10-15/h4-10,27H,11-12H2,1-3H3,(H2,24,25,28). The zero-order chi connectivity index (χ0) is 21.0. The van der Waals surface area contributed by atoms with Crippen molar-refractivity contribution < 1.29 is 9.90 Å². The first-order valence-corrected chi connectivity index (χ1v) is 10.3. The molecule has 2 aromatic heterocycles. The third-order valence-electron chi connectivity index (χ3n) is 4.09. The molecule has 3 aromatic rings. The summed E-state index contributed by atoms with van der Waals surface area (Å²) in [6.45, 7) is 6.53. The third kappa shape index (κ3) is 5.53. The fourth-order valence-electron chi connectivity index (χ4n) is 2.58. The van der Waals surface area contributed by atoms with Crippen molar-refractivity contribution in [1.29, 1.82) is 0 Å². The van der Waals surface area contributed by atoms with E-state index in [9.17, 15) is 4.79 Å². The predicted molar refractivity (Wildman–Crippen MR) is 117 cm³/mol. The zero-order valence-electron chi connectivity index (χ0n) is 16.5. The lowest BCUT2D eigenvalue weighted by atomic mass is 9.98. The van der Waals surface area contributed by atoms with Crippen LogP contribution in [0.4, 0.5) is 10.5 Å². The van der Waals surface area contributed by atoms with Crippen LogP contribution in [0.15, 0.2) is 42.6 Å². The lowest BCUT2D eigenvalue weighted by molar-refractivity contribution is 0.252. The molecule has 0 aliphatic heterocycles. The smallest absolute Gasteiger partial charge is 0.319 e. The number of aromatic nitrogens is 2. The Morgan fingerprint density at radius 2 is 2.03 bits per heavy atom. The Kier molecular flexibility index (Phi) is 6.52. The minimum Gasteiger partial charge on any atom is -0.390 e. The molecule has 0 fully saturated rings. The van der Waals surface area contributed by atoms with Gasteiger partial charge in [0.2, 0.25) is 0 Å². The molecule has 2 heterocycles. The Bertz CT molecular complexity index is 997. The van der Waals surface area contributed by atoms with Crippen LogP contribution in [0.25, 0.3) is 11.3 Å². The Morgan fingerprint density at radius 3 is 2.66 bits per heavy atom. The number of carbonyl (C=O) groups is 1. The van der Waals surface area contributed by atoms with Gasteiger partial charge in [-0.25, -0.2) is 9.78 Å². The number of aliphatic hydroxyl groups excluding tert-OH is 1. The molecule has 0 aliphatic carbocycles. The maximum atomic E-state index is 12.3. The fraction of sp³-hybridized carbons (Fsp3) is 0.286. The number of pyridine rings is 1. The summed E-state index contributed by atoms with van der Waals surface area (Å²) in [7, 11) is 0. The summed E-state index contributed by atoms with van der Waals surface area (Å²) in [6, 6.07) is 10.6. The van der Waals surface area contributed by atoms with Gasteiger partial charge >= 0.3 is 6.03 Å². The highest BCUT2D eigenvalue weighted by atomic mass is 35.5. The lowest BCUT2D eigenvalue weighted by Gasteiger charge is -2.13. The van der Waals surface area contributed by atoms with E-state index in [0.29, 0.717) is 22.9 Å². The van der Waals surface area contributed by atoms with Gasteiger partial charge in [-0.3, -0.25) is 4.98 Å². The van der Waals surface area contributed by atoms with Crippen molar-refractivity contribution in [3.8, 4) is 11.3 Å². The van der Waals surface area contributed by atoms with Gasteiger partial charge in [0.05, 0.1) is 46.3 Å². The molecule has 2 amide bonds. The number of carbonyl (C=O) groups excluding carboxylic acids is 1. The van der Waals surface area contributed by atoms with Crippen LogP contribution >= 0.6 is 22.9 Å². The molecule has 1 aromatic carbocycles. The molecule has 6 nitrogen and oxygen atoms in total. The molecule has 0 bridgehead atoms. The van der Waals surface area contributed by atoms with Crippen molar-refractivity contribution in [3.63, 3.8) is 0 Å². The fourth-order valence-corrected chi connectivity index (χ4v) is 3.85. The van der Waals surface area contributed by atoms with E-state index in [4.69, 9.17) is 21.7 Å². The van der Waals surface area contributed by atoms with Crippen LogP contribution in [0.2, 0.25) is 5.02 Å². The monoisotopic (exact) mass is 430 g/mol. The zero-order valence-corrected chi connectivity index (χ0v) is 18.1. The van der Waals surface area contributed by atoms with Crippen LogP contribution in [0.1, 0.15) is 36.3 Å². The van der Waals surface area contributed by atoms with Gasteiger partial charge in [0.1, 0.15) is 0 Å². The average molecular weight is 431 g/mol. The van der Waals surface area contributed by atoms with Gasteiger partial charge in [-0.1, -0.05) is 44.5 Å². The van der Waals surface area contributed by atoms with Gasteiger partial charge in [-0.05, 0) is 24.3 Å². The van der Waals surface area contributed by atoms with Crippen LogP contribution in [-0.4, -0.2) is 21.1 Å². The van der Waals surface area contributed by atoms with Gasteiger partial charge in [-0.15, -0.1) is 11.3 Å². The largest absolute Gasteiger partial charge is 0.390 e. The van der Waals surface area contributed by atoms with Crippen molar-refractivity contribution in [2.75, 3.05) is 5.32 Å². The number of anilines is 1. The second-order valence-electron chi connectivity index (χ2n) is 7.56. The average Bonchev–Trinajstić information content (AvgIpc) is 3.12. The van der Waals surface area contributed by atoms with E-state index in [1.165, 1.54) is 6.20 Å². The first-order chi connectivity index (χ1) is 13.8. The first-order valence-electron chi connectivity index (χ1n) is 9.13. The van der Waals surface area contributed by atoms with Crippen LogP contribution in [0.3, 0.4) is 0 Å². The molecule has 0 saturated carbocycles. The highest BCUT2D eigenvalue weighted by Crippen LogP contribution is 2.35. The van der Waals surface area contributed by atoms with Crippen LogP contribution in [-0.2, 0) is 18.6 Å². The van der Waals surface area contributed by atoms with E-state index >= 15 is 0 Å². The molecule has 8 heteroatoms. The highest BCUT2D eigenvalue weighted by Gasteiger charge is 2.22. The SMILES string of the molecule is CC(C)(C)c1nc(-c2cccc(Cl)c2)c(CNC(=O)Nc2ccc(CO)nc2)s1. The second-order valence-corrected chi connectivity index (χ2v) is 9.08. The number of nitrogens with zero attached hydrogens (tertiary/aromatic N) is 2. The Morgan fingerprint density at radius 1 is 1.24 bits per heavy atom. The van der Waals surface area contributed by atoms with E-state index in [1.54, 1.807) is 23.5 Å². The molecule has 152 valence electrons. The van der Waals surface area contributed by atoms with Crippen molar-refractivity contribution in [1.82, 2.24) is 15.3 Å². The summed E-state index contributed by atoms with van der Waals surface area (Å²) in [5.74, 6) is 0. The molecule has 0 radical (unpaired) electrons. The first kappa shape index (κ1) is 21.2. The van der Waals surface area contributed by atoms with Gasteiger partial charge in [0.25, 0.3) is 0 Å². The maximum Gasteiger partial charge on any atom is 0.319 e.